The second-order valence-corrected chi connectivity index (χ2v) is 8.62. The van der Waals surface area contributed by atoms with E-state index in [1.165, 1.54) is 0 Å². The molecule has 0 aromatic heterocycles. The van der Waals surface area contributed by atoms with Crippen LogP contribution in [0.2, 0.25) is 5.02 Å². The van der Waals surface area contributed by atoms with E-state index in [9.17, 15) is 9.59 Å². The van der Waals surface area contributed by atoms with Gasteiger partial charge in [0.1, 0.15) is 17.6 Å². The Morgan fingerprint density at radius 2 is 1.73 bits per heavy atom. The molecule has 5 nitrogen and oxygen atoms in total. The zero-order chi connectivity index (χ0) is 23.2. The number of halogens is 1. The van der Waals surface area contributed by atoms with E-state index in [1.54, 1.807) is 18.2 Å². The highest BCUT2D eigenvalue weighted by molar-refractivity contribution is 6.30. The number of aryl methyl sites for hydroxylation is 1. The summed E-state index contributed by atoms with van der Waals surface area (Å²) in [7, 11) is 0. The van der Waals surface area contributed by atoms with Gasteiger partial charge in [-0.1, -0.05) is 48.0 Å². The van der Waals surface area contributed by atoms with Crippen LogP contribution in [-0.4, -0.2) is 24.4 Å². The molecule has 1 aliphatic rings. The Bertz CT molecular complexity index is 1130. The summed E-state index contributed by atoms with van der Waals surface area (Å²) in [5.41, 5.74) is 9.39. The van der Waals surface area contributed by atoms with Crippen LogP contribution in [-0.2, 0) is 11.2 Å². The summed E-state index contributed by atoms with van der Waals surface area (Å²) in [6, 6.07) is 21.2. The topological polar surface area (TPSA) is 78.6 Å². The Balaban J connectivity index is 1.42. The number of nitrogens with two attached hydrogens (primary N) is 1. The Kier molecular flexibility index (Phi) is 7.30. The van der Waals surface area contributed by atoms with E-state index in [4.69, 9.17) is 26.8 Å². The molecular formula is C27H26ClNO4. The number of hydrogen-bond acceptors (Lipinski definition) is 4. The summed E-state index contributed by atoms with van der Waals surface area (Å²) < 4.78 is 11.8. The first-order valence-electron chi connectivity index (χ1n) is 11.1. The van der Waals surface area contributed by atoms with Crippen molar-refractivity contribution in [2.45, 2.75) is 38.2 Å². The van der Waals surface area contributed by atoms with Crippen molar-refractivity contribution in [1.29, 1.82) is 0 Å². The molecule has 1 atom stereocenters. The minimum absolute atomic E-state index is 0.0739. The van der Waals surface area contributed by atoms with Crippen LogP contribution in [0.25, 0.3) is 11.1 Å². The lowest BCUT2D eigenvalue weighted by Gasteiger charge is -2.19. The van der Waals surface area contributed by atoms with Crippen LogP contribution >= 0.6 is 11.6 Å². The third-order valence-corrected chi connectivity index (χ3v) is 5.93. The van der Waals surface area contributed by atoms with Crippen LogP contribution in [0.15, 0.2) is 66.7 Å². The second kappa shape index (κ2) is 10.5. The van der Waals surface area contributed by atoms with E-state index in [0.29, 0.717) is 48.0 Å². The number of benzene rings is 3. The van der Waals surface area contributed by atoms with Gasteiger partial charge in [0.25, 0.3) is 0 Å². The molecule has 0 fully saturated rings. The molecule has 0 saturated heterocycles. The summed E-state index contributed by atoms with van der Waals surface area (Å²) >= 11 is 5.97. The van der Waals surface area contributed by atoms with Gasteiger partial charge in [0.15, 0.2) is 5.78 Å². The van der Waals surface area contributed by atoms with Gasteiger partial charge in [0.05, 0.1) is 18.6 Å². The molecule has 0 aliphatic carbocycles. The van der Waals surface area contributed by atoms with Crippen LogP contribution in [0.4, 0.5) is 0 Å². The van der Waals surface area contributed by atoms with Crippen molar-refractivity contribution in [1.82, 2.24) is 0 Å². The molecule has 3 aromatic carbocycles. The third kappa shape index (κ3) is 6.14. The maximum absolute atomic E-state index is 12.2. The normalized spacial score (nSPS) is 14.0. The molecule has 4 rings (SSSR count). The van der Waals surface area contributed by atoms with Crippen molar-refractivity contribution in [3.8, 4) is 22.6 Å². The van der Waals surface area contributed by atoms with Crippen molar-refractivity contribution >= 4 is 23.3 Å². The number of carbonyl (C=O) groups excluding carboxylic acids is 2. The molecule has 0 radical (unpaired) electrons. The molecule has 2 N–H and O–H groups in total. The highest BCUT2D eigenvalue weighted by Crippen LogP contribution is 2.30. The Morgan fingerprint density at radius 3 is 2.42 bits per heavy atom. The number of amides is 1. The van der Waals surface area contributed by atoms with Crippen molar-refractivity contribution < 1.29 is 19.1 Å². The first kappa shape index (κ1) is 22.9. The highest BCUT2D eigenvalue weighted by Gasteiger charge is 2.19. The highest BCUT2D eigenvalue weighted by atomic mass is 35.5. The van der Waals surface area contributed by atoms with Crippen molar-refractivity contribution in [2.24, 2.45) is 5.73 Å². The number of rotatable bonds is 8. The van der Waals surface area contributed by atoms with E-state index in [0.717, 1.165) is 23.1 Å². The van der Waals surface area contributed by atoms with Gasteiger partial charge in [-0.15, -0.1) is 0 Å². The smallest absolute Gasteiger partial charge is 0.221 e. The summed E-state index contributed by atoms with van der Waals surface area (Å²) in [5.74, 6) is 0.752. The third-order valence-electron chi connectivity index (χ3n) is 5.68. The molecule has 3 aromatic rings. The molecular weight excluding hydrogens is 438 g/mol. The van der Waals surface area contributed by atoms with Crippen molar-refractivity contribution in [3.05, 3.63) is 82.9 Å². The largest absolute Gasteiger partial charge is 0.493 e. The number of ketones is 1. The molecule has 0 saturated carbocycles. The van der Waals surface area contributed by atoms with Gasteiger partial charge >= 0.3 is 0 Å². The summed E-state index contributed by atoms with van der Waals surface area (Å²) in [6.07, 6.45) is 2.27. The van der Waals surface area contributed by atoms with Crippen LogP contribution in [0.1, 0.15) is 41.6 Å². The average Bonchev–Trinajstić information content (AvgIpc) is 2.99. The van der Waals surface area contributed by atoms with Gasteiger partial charge in [0.2, 0.25) is 5.91 Å². The molecule has 1 unspecified atom stereocenters. The summed E-state index contributed by atoms with van der Waals surface area (Å²) in [6.45, 7) is 0.499. The van der Waals surface area contributed by atoms with E-state index in [1.807, 2.05) is 24.3 Å². The molecule has 1 aliphatic heterocycles. The fourth-order valence-corrected chi connectivity index (χ4v) is 4.05. The Morgan fingerprint density at radius 1 is 1.03 bits per heavy atom. The van der Waals surface area contributed by atoms with E-state index in [2.05, 4.69) is 24.3 Å². The fourth-order valence-electron chi connectivity index (χ4n) is 3.93. The van der Waals surface area contributed by atoms with Gasteiger partial charge in [-0.25, -0.2) is 0 Å². The molecule has 33 heavy (non-hydrogen) atoms. The quantitative estimate of drug-likeness (QED) is 0.470. The molecule has 6 heteroatoms. The average molecular weight is 464 g/mol. The first-order chi connectivity index (χ1) is 16.0. The molecule has 0 spiro atoms. The van der Waals surface area contributed by atoms with Crippen LogP contribution in [0.5, 0.6) is 11.5 Å². The molecule has 1 heterocycles. The molecule has 1 amide bonds. The maximum Gasteiger partial charge on any atom is 0.221 e. The number of Topliss-reactive ketones (excluding diaryl/α,β-unsaturated/α-hetero) is 1. The number of primary amides is 1. The van der Waals surface area contributed by atoms with Gasteiger partial charge in [-0.3, -0.25) is 9.59 Å². The van der Waals surface area contributed by atoms with Crippen LogP contribution < -0.4 is 15.2 Å². The van der Waals surface area contributed by atoms with Gasteiger partial charge < -0.3 is 15.2 Å². The minimum atomic E-state index is -0.417. The number of ether oxygens (including phenoxy) is 2. The van der Waals surface area contributed by atoms with Crippen molar-refractivity contribution in [2.75, 3.05) is 6.61 Å². The number of hydrogen-bond donors (Lipinski definition) is 1. The lowest BCUT2D eigenvalue weighted by Crippen LogP contribution is -2.25. The summed E-state index contributed by atoms with van der Waals surface area (Å²) in [4.78, 5) is 23.8. The van der Waals surface area contributed by atoms with Crippen LogP contribution in [0, 0.1) is 0 Å². The van der Waals surface area contributed by atoms with E-state index < -0.39 is 5.91 Å². The zero-order valence-electron chi connectivity index (χ0n) is 18.3. The monoisotopic (exact) mass is 463 g/mol. The lowest BCUT2D eigenvalue weighted by atomic mass is 10.0. The minimum Gasteiger partial charge on any atom is -0.493 e. The Hall–Kier alpha value is -3.31. The van der Waals surface area contributed by atoms with Gasteiger partial charge in [0, 0.05) is 17.5 Å². The van der Waals surface area contributed by atoms with Crippen LogP contribution in [0.3, 0.4) is 0 Å². The fraction of sp³-hybridized carbons (Fsp3) is 0.259. The predicted molar refractivity (Wildman–Crippen MR) is 129 cm³/mol. The predicted octanol–water partition coefficient (Wildman–Crippen LogP) is 5.62. The van der Waals surface area contributed by atoms with E-state index in [-0.39, 0.29) is 18.3 Å². The number of fused-ring (bicyclic) bond motifs is 1. The second-order valence-electron chi connectivity index (χ2n) is 8.19. The zero-order valence-corrected chi connectivity index (χ0v) is 19.0. The molecule has 170 valence electrons. The van der Waals surface area contributed by atoms with E-state index >= 15 is 0 Å². The standard InChI is InChI=1S/C27H26ClNO4/c28-21-10-8-20(9-11-21)19-6-3-18(4-7-19)5-12-23(17-27(29)31)33-22-13-14-24-25(30)2-1-15-32-26(24)16-22/h3-4,6-11,13-14,16,23H,1-2,5,12,15,17H2,(H2,29,31). The van der Waals surface area contributed by atoms with Crippen molar-refractivity contribution in [3.63, 3.8) is 0 Å². The summed E-state index contributed by atoms with van der Waals surface area (Å²) in [5, 5.41) is 0.712. The maximum atomic E-state index is 12.2. The SMILES string of the molecule is NC(=O)CC(CCc1ccc(-c2ccc(Cl)cc2)cc1)Oc1ccc2c(c1)OCCCC2=O. The molecule has 0 bridgehead atoms. The van der Waals surface area contributed by atoms with Gasteiger partial charge in [-0.05, 0) is 60.2 Å². The number of carbonyl (C=O) groups is 2. The lowest BCUT2D eigenvalue weighted by molar-refractivity contribution is -0.119. The first-order valence-corrected chi connectivity index (χ1v) is 11.5. The van der Waals surface area contributed by atoms with Gasteiger partial charge in [-0.2, -0.15) is 0 Å². The Labute approximate surface area is 198 Å².